The zero-order chi connectivity index (χ0) is 22.0. The maximum Gasteiger partial charge on any atom is 0.334 e. The molecule has 1 aromatic carbocycles. The highest BCUT2D eigenvalue weighted by Gasteiger charge is 2.20. The molecule has 9 nitrogen and oxygen atoms in total. The first-order valence-corrected chi connectivity index (χ1v) is 11.4. The summed E-state index contributed by atoms with van der Waals surface area (Å²) in [5.74, 6) is 0.101. The highest BCUT2D eigenvalue weighted by atomic mass is 35.5. The van der Waals surface area contributed by atoms with Crippen LogP contribution in [0.2, 0.25) is 4.34 Å². The normalized spacial score (nSPS) is 11.3. The van der Waals surface area contributed by atoms with Gasteiger partial charge in [-0.2, -0.15) is 0 Å². The highest BCUT2D eigenvalue weighted by Crippen LogP contribution is 2.25. The van der Waals surface area contributed by atoms with Gasteiger partial charge in [0.25, 0.3) is 15.6 Å². The number of halogens is 1. The number of pyridine rings is 1. The highest BCUT2D eigenvalue weighted by molar-refractivity contribution is 7.92. The SMILES string of the molecule is O=C(Nc1ccc(-n2[nH]c(-c3ccccc3)cc2=O)cn1)NS(=O)(=O)c1ccc(Cl)s1. The number of hydrogen-bond acceptors (Lipinski definition) is 6. The predicted octanol–water partition coefficient (Wildman–Crippen LogP) is 3.45. The largest absolute Gasteiger partial charge is 0.334 e. The van der Waals surface area contributed by atoms with Gasteiger partial charge in [-0.15, -0.1) is 11.3 Å². The molecule has 4 rings (SSSR count). The van der Waals surface area contributed by atoms with E-state index in [1.807, 2.05) is 35.1 Å². The number of aromatic amines is 1. The Hall–Kier alpha value is -3.41. The average molecular weight is 476 g/mol. The van der Waals surface area contributed by atoms with E-state index in [1.54, 1.807) is 6.07 Å². The van der Waals surface area contributed by atoms with Crippen molar-refractivity contribution in [1.29, 1.82) is 0 Å². The van der Waals surface area contributed by atoms with Crippen molar-refractivity contribution in [2.75, 3.05) is 5.32 Å². The van der Waals surface area contributed by atoms with E-state index >= 15 is 0 Å². The summed E-state index contributed by atoms with van der Waals surface area (Å²) in [6, 6.07) is 15.6. The zero-order valence-corrected chi connectivity index (χ0v) is 18.0. The number of hydrogen-bond donors (Lipinski definition) is 3. The molecule has 0 aliphatic heterocycles. The number of sulfonamides is 1. The Bertz CT molecular complexity index is 1390. The monoisotopic (exact) mass is 475 g/mol. The van der Waals surface area contributed by atoms with E-state index in [0.29, 0.717) is 11.4 Å². The van der Waals surface area contributed by atoms with E-state index in [9.17, 15) is 18.0 Å². The van der Waals surface area contributed by atoms with Crippen LogP contribution >= 0.6 is 22.9 Å². The van der Waals surface area contributed by atoms with Crippen LogP contribution in [0.5, 0.6) is 0 Å². The van der Waals surface area contributed by atoms with Gasteiger partial charge in [0.05, 0.1) is 21.9 Å². The summed E-state index contributed by atoms with van der Waals surface area (Å²) in [5.41, 5.74) is 1.67. The molecule has 3 aromatic heterocycles. The first-order valence-electron chi connectivity index (χ1n) is 8.75. The van der Waals surface area contributed by atoms with Crippen molar-refractivity contribution < 1.29 is 13.2 Å². The Morgan fingerprint density at radius 1 is 1.10 bits per heavy atom. The average Bonchev–Trinajstić information content (AvgIpc) is 3.35. The molecule has 3 N–H and O–H groups in total. The quantitative estimate of drug-likeness (QED) is 0.407. The smallest absolute Gasteiger partial charge is 0.292 e. The molecule has 0 atom stereocenters. The van der Waals surface area contributed by atoms with Crippen molar-refractivity contribution in [2.45, 2.75) is 4.21 Å². The third-order valence-corrected chi connectivity index (χ3v) is 7.15. The lowest BCUT2D eigenvalue weighted by molar-refractivity contribution is 0.256. The Labute approximate surface area is 185 Å². The van der Waals surface area contributed by atoms with Crippen LogP contribution in [0.3, 0.4) is 0 Å². The number of urea groups is 1. The summed E-state index contributed by atoms with van der Waals surface area (Å²) in [7, 11) is -4.05. The second-order valence-corrected chi connectivity index (χ2v) is 9.85. The molecule has 0 unspecified atom stereocenters. The molecular formula is C19H14ClN5O4S2. The molecule has 12 heteroatoms. The Kier molecular flexibility index (Phi) is 5.63. The Morgan fingerprint density at radius 2 is 1.87 bits per heavy atom. The van der Waals surface area contributed by atoms with Crippen LogP contribution in [-0.2, 0) is 10.0 Å². The van der Waals surface area contributed by atoms with E-state index < -0.39 is 16.1 Å². The molecule has 0 fully saturated rings. The van der Waals surface area contributed by atoms with Gasteiger partial charge in [-0.1, -0.05) is 41.9 Å². The zero-order valence-electron chi connectivity index (χ0n) is 15.6. The van der Waals surface area contributed by atoms with Crippen molar-refractivity contribution >= 4 is 44.8 Å². The lowest BCUT2D eigenvalue weighted by Gasteiger charge is -2.08. The van der Waals surface area contributed by atoms with Gasteiger partial charge in [0.2, 0.25) is 0 Å². The van der Waals surface area contributed by atoms with Crippen molar-refractivity contribution in [3.05, 3.63) is 81.6 Å². The van der Waals surface area contributed by atoms with E-state index in [4.69, 9.17) is 11.6 Å². The second kappa shape index (κ2) is 8.38. The summed E-state index contributed by atoms with van der Waals surface area (Å²) in [6.45, 7) is 0. The number of carbonyl (C=O) groups excluding carboxylic acids is 1. The summed E-state index contributed by atoms with van der Waals surface area (Å²) in [6.07, 6.45) is 1.37. The van der Waals surface area contributed by atoms with Crippen LogP contribution in [0.25, 0.3) is 16.9 Å². The van der Waals surface area contributed by atoms with Gasteiger partial charge >= 0.3 is 6.03 Å². The number of nitrogens with one attached hydrogen (secondary N) is 3. The maximum atomic E-state index is 12.3. The fraction of sp³-hybridized carbons (Fsp3) is 0. The number of anilines is 1. The molecule has 3 heterocycles. The standard InChI is InChI=1S/C19H14ClN5O4S2/c20-15-7-9-18(30-15)31(28,29)24-19(27)22-16-8-6-13(11-21-16)25-17(26)10-14(23-25)12-4-2-1-3-5-12/h1-11,23H,(H2,21,22,24,27). The third-order valence-electron chi connectivity index (χ3n) is 4.09. The molecule has 4 aromatic rings. The molecule has 0 aliphatic carbocycles. The van der Waals surface area contributed by atoms with Crippen LogP contribution in [0.1, 0.15) is 0 Å². The lowest BCUT2D eigenvalue weighted by atomic mass is 10.2. The molecule has 0 spiro atoms. The lowest BCUT2D eigenvalue weighted by Crippen LogP contribution is -2.34. The third kappa shape index (κ3) is 4.68. The van der Waals surface area contributed by atoms with Gasteiger partial charge in [0.1, 0.15) is 10.0 Å². The van der Waals surface area contributed by atoms with Crippen molar-refractivity contribution in [3.8, 4) is 16.9 Å². The van der Waals surface area contributed by atoms with Gasteiger partial charge in [-0.3, -0.25) is 15.2 Å². The maximum absolute atomic E-state index is 12.3. The van der Waals surface area contributed by atoms with Gasteiger partial charge in [0.15, 0.2) is 0 Å². The molecule has 2 amide bonds. The molecular weight excluding hydrogens is 462 g/mol. The fourth-order valence-corrected chi connectivity index (χ4v) is 5.09. The minimum atomic E-state index is -4.05. The first kappa shape index (κ1) is 20.8. The number of amides is 2. The number of rotatable bonds is 5. The van der Waals surface area contributed by atoms with Gasteiger partial charge in [-0.05, 0) is 29.8 Å². The second-order valence-electron chi connectivity index (χ2n) is 6.23. The van der Waals surface area contributed by atoms with E-state index in [-0.39, 0.29) is 19.9 Å². The summed E-state index contributed by atoms with van der Waals surface area (Å²) in [5, 5.41) is 5.33. The van der Waals surface area contributed by atoms with Crippen LogP contribution in [0.4, 0.5) is 10.6 Å². The topological polar surface area (TPSA) is 126 Å². The minimum absolute atomic E-state index is 0.0868. The Morgan fingerprint density at radius 3 is 2.52 bits per heavy atom. The summed E-state index contributed by atoms with van der Waals surface area (Å²) >= 11 is 6.56. The van der Waals surface area contributed by atoms with Gasteiger partial charge in [-0.25, -0.2) is 27.6 Å². The minimum Gasteiger partial charge on any atom is -0.292 e. The van der Waals surface area contributed by atoms with E-state index in [2.05, 4.69) is 15.4 Å². The van der Waals surface area contributed by atoms with Crippen LogP contribution < -0.4 is 15.6 Å². The molecule has 158 valence electrons. The fourth-order valence-electron chi connectivity index (χ4n) is 2.70. The summed E-state index contributed by atoms with van der Waals surface area (Å²) < 4.78 is 27.7. The van der Waals surface area contributed by atoms with Crippen LogP contribution in [-0.4, -0.2) is 29.2 Å². The van der Waals surface area contributed by atoms with Crippen molar-refractivity contribution in [2.24, 2.45) is 0 Å². The van der Waals surface area contributed by atoms with Crippen LogP contribution in [0, 0.1) is 0 Å². The van der Waals surface area contributed by atoms with Crippen LogP contribution in [0.15, 0.2) is 75.9 Å². The number of thiophene rings is 1. The molecule has 0 aliphatic rings. The van der Waals surface area contributed by atoms with Crippen molar-refractivity contribution in [1.82, 2.24) is 19.5 Å². The number of benzene rings is 1. The summed E-state index contributed by atoms with van der Waals surface area (Å²) in [4.78, 5) is 28.4. The van der Waals surface area contributed by atoms with Gasteiger partial charge < -0.3 is 0 Å². The van der Waals surface area contributed by atoms with E-state index in [1.165, 1.54) is 35.1 Å². The number of H-pyrrole nitrogens is 1. The molecule has 0 radical (unpaired) electrons. The number of nitrogens with zero attached hydrogens (tertiary/aromatic N) is 2. The molecule has 0 saturated heterocycles. The predicted molar refractivity (Wildman–Crippen MR) is 118 cm³/mol. The Balaban J connectivity index is 1.47. The number of aromatic nitrogens is 3. The molecule has 0 bridgehead atoms. The number of carbonyl (C=O) groups is 1. The molecule has 31 heavy (non-hydrogen) atoms. The van der Waals surface area contributed by atoms with Crippen molar-refractivity contribution in [3.63, 3.8) is 0 Å². The molecule has 0 saturated carbocycles. The first-order chi connectivity index (χ1) is 14.8. The van der Waals surface area contributed by atoms with Gasteiger partial charge in [0, 0.05) is 6.07 Å². The van der Waals surface area contributed by atoms with E-state index in [0.717, 1.165) is 16.9 Å².